The molecule has 0 radical (unpaired) electrons. The Kier molecular flexibility index (Phi) is 4.35. The van der Waals surface area contributed by atoms with Gasteiger partial charge in [0.15, 0.2) is 0 Å². The quantitative estimate of drug-likeness (QED) is 0.635. The second kappa shape index (κ2) is 5.10. The van der Waals surface area contributed by atoms with Crippen molar-refractivity contribution in [3.63, 3.8) is 0 Å². The summed E-state index contributed by atoms with van der Waals surface area (Å²) >= 11 is 0. The van der Waals surface area contributed by atoms with Gasteiger partial charge in [-0.2, -0.15) is 0 Å². The van der Waals surface area contributed by atoms with Crippen molar-refractivity contribution in [2.24, 2.45) is 11.8 Å². The zero-order valence-electron chi connectivity index (χ0n) is 9.75. The minimum absolute atomic E-state index is 0.341. The molecule has 0 bridgehead atoms. The maximum absolute atomic E-state index is 9.87. The summed E-state index contributed by atoms with van der Waals surface area (Å²) in [5, 5.41) is 16.5. The van der Waals surface area contributed by atoms with Gasteiger partial charge in [0.2, 0.25) is 0 Å². The molecule has 4 unspecified atom stereocenters. The highest BCUT2D eigenvalue weighted by atomic mass is 16.3. The molecule has 1 aliphatic heterocycles. The molecule has 1 heterocycles. The van der Waals surface area contributed by atoms with Crippen molar-refractivity contribution < 1.29 is 5.11 Å². The van der Waals surface area contributed by atoms with Crippen LogP contribution in [-0.2, 0) is 0 Å². The van der Waals surface area contributed by atoms with E-state index in [1.54, 1.807) is 0 Å². The van der Waals surface area contributed by atoms with Crippen LogP contribution in [0.2, 0.25) is 0 Å². The SMILES string of the molecule is CC(C)NCC1C(C)CC(C)NC1O. The highest BCUT2D eigenvalue weighted by Crippen LogP contribution is 2.24. The Balaban J connectivity index is 2.41. The van der Waals surface area contributed by atoms with Gasteiger partial charge in [-0.05, 0) is 19.3 Å². The molecule has 0 saturated carbocycles. The average Bonchev–Trinajstić information content (AvgIpc) is 2.01. The molecule has 1 fully saturated rings. The molecule has 1 aliphatic rings. The monoisotopic (exact) mass is 200 g/mol. The van der Waals surface area contributed by atoms with E-state index < -0.39 is 0 Å². The first kappa shape index (κ1) is 12.0. The molecule has 84 valence electrons. The summed E-state index contributed by atoms with van der Waals surface area (Å²) < 4.78 is 0. The van der Waals surface area contributed by atoms with Crippen molar-refractivity contribution in [1.29, 1.82) is 0 Å². The van der Waals surface area contributed by atoms with Crippen LogP contribution in [0.5, 0.6) is 0 Å². The van der Waals surface area contributed by atoms with Crippen molar-refractivity contribution in [3.8, 4) is 0 Å². The fourth-order valence-corrected chi connectivity index (χ4v) is 2.21. The van der Waals surface area contributed by atoms with Gasteiger partial charge < -0.3 is 10.4 Å². The van der Waals surface area contributed by atoms with Crippen molar-refractivity contribution >= 4 is 0 Å². The molecule has 0 aliphatic carbocycles. The molecule has 0 aromatic heterocycles. The van der Waals surface area contributed by atoms with E-state index in [9.17, 15) is 5.11 Å². The first-order valence-corrected chi connectivity index (χ1v) is 5.68. The van der Waals surface area contributed by atoms with Gasteiger partial charge in [-0.1, -0.05) is 20.8 Å². The zero-order valence-corrected chi connectivity index (χ0v) is 9.75. The molecular weight excluding hydrogens is 176 g/mol. The van der Waals surface area contributed by atoms with E-state index in [1.807, 2.05) is 0 Å². The summed E-state index contributed by atoms with van der Waals surface area (Å²) in [7, 11) is 0. The third-order valence-corrected chi connectivity index (χ3v) is 3.08. The Labute approximate surface area is 87.3 Å². The summed E-state index contributed by atoms with van der Waals surface area (Å²) in [6.07, 6.45) is 0.807. The van der Waals surface area contributed by atoms with Crippen LogP contribution in [0.15, 0.2) is 0 Å². The normalized spacial score (nSPS) is 39.0. The van der Waals surface area contributed by atoms with Gasteiger partial charge in [0.25, 0.3) is 0 Å². The predicted molar refractivity (Wildman–Crippen MR) is 59.0 cm³/mol. The van der Waals surface area contributed by atoms with Crippen LogP contribution in [-0.4, -0.2) is 30.0 Å². The van der Waals surface area contributed by atoms with Crippen LogP contribution in [0.4, 0.5) is 0 Å². The average molecular weight is 200 g/mol. The smallest absolute Gasteiger partial charge is 0.109 e. The number of piperidine rings is 1. The summed E-state index contributed by atoms with van der Waals surface area (Å²) in [6, 6.07) is 0.934. The van der Waals surface area contributed by atoms with Crippen molar-refractivity contribution in [3.05, 3.63) is 0 Å². The number of hydrogen-bond acceptors (Lipinski definition) is 3. The van der Waals surface area contributed by atoms with Gasteiger partial charge in [0.05, 0.1) is 0 Å². The lowest BCUT2D eigenvalue weighted by Crippen LogP contribution is -2.53. The van der Waals surface area contributed by atoms with Gasteiger partial charge in [-0.25, -0.2) is 0 Å². The van der Waals surface area contributed by atoms with Gasteiger partial charge in [0, 0.05) is 24.5 Å². The minimum atomic E-state index is -0.347. The Morgan fingerprint density at radius 3 is 2.57 bits per heavy atom. The second-order valence-electron chi connectivity index (χ2n) is 4.95. The van der Waals surface area contributed by atoms with E-state index in [-0.39, 0.29) is 6.23 Å². The molecule has 0 amide bonds. The second-order valence-corrected chi connectivity index (χ2v) is 4.95. The van der Waals surface area contributed by atoms with Crippen LogP contribution in [0.25, 0.3) is 0 Å². The van der Waals surface area contributed by atoms with Gasteiger partial charge in [-0.3, -0.25) is 5.32 Å². The van der Waals surface area contributed by atoms with Crippen LogP contribution in [0.1, 0.15) is 34.1 Å². The molecule has 3 nitrogen and oxygen atoms in total. The topological polar surface area (TPSA) is 44.3 Å². The lowest BCUT2D eigenvalue weighted by molar-refractivity contribution is 0.00362. The maximum Gasteiger partial charge on any atom is 0.109 e. The molecule has 3 heteroatoms. The van der Waals surface area contributed by atoms with E-state index in [1.165, 1.54) is 0 Å². The van der Waals surface area contributed by atoms with Crippen molar-refractivity contribution in [2.75, 3.05) is 6.54 Å². The van der Waals surface area contributed by atoms with Crippen molar-refractivity contribution in [1.82, 2.24) is 10.6 Å². The van der Waals surface area contributed by atoms with Gasteiger partial charge >= 0.3 is 0 Å². The number of nitrogens with one attached hydrogen (secondary N) is 2. The summed E-state index contributed by atoms with van der Waals surface area (Å²) in [4.78, 5) is 0. The molecule has 0 aromatic carbocycles. The summed E-state index contributed by atoms with van der Waals surface area (Å²) in [5.41, 5.74) is 0. The first-order chi connectivity index (χ1) is 6.50. The Morgan fingerprint density at radius 2 is 2.07 bits per heavy atom. The van der Waals surface area contributed by atoms with Crippen LogP contribution >= 0.6 is 0 Å². The van der Waals surface area contributed by atoms with E-state index in [4.69, 9.17) is 0 Å². The van der Waals surface area contributed by atoms with Crippen LogP contribution in [0.3, 0.4) is 0 Å². The largest absolute Gasteiger partial charge is 0.378 e. The third-order valence-electron chi connectivity index (χ3n) is 3.08. The van der Waals surface area contributed by atoms with E-state index in [0.717, 1.165) is 13.0 Å². The number of hydrogen-bond donors (Lipinski definition) is 3. The molecule has 3 N–H and O–H groups in total. The number of rotatable bonds is 3. The van der Waals surface area contributed by atoms with E-state index in [2.05, 4.69) is 38.3 Å². The predicted octanol–water partition coefficient (Wildman–Crippen LogP) is 0.937. The fraction of sp³-hybridized carbons (Fsp3) is 1.00. The lowest BCUT2D eigenvalue weighted by Gasteiger charge is -2.38. The highest BCUT2D eigenvalue weighted by Gasteiger charge is 2.31. The van der Waals surface area contributed by atoms with Crippen LogP contribution in [0, 0.1) is 11.8 Å². The minimum Gasteiger partial charge on any atom is -0.378 e. The highest BCUT2D eigenvalue weighted by molar-refractivity contribution is 4.84. The first-order valence-electron chi connectivity index (χ1n) is 5.68. The number of aliphatic hydroxyl groups is 1. The van der Waals surface area contributed by atoms with E-state index in [0.29, 0.717) is 23.9 Å². The molecule has 1 rings (SSSR count). The maximum atomic E-state index is 9.87. The fourth-order valence-electron chi connectivity index (χ4n) is 2.21. The molecule has 14 heavy (non-hydrogen) atoms. The molecule has 0 aromatic rings. The Bertz CT molecular complexity index is 161. The Hall–Kier alpha value is -0.120. The van der Waals surface area contributed by atoms with Gasteiger partial charge in [-0.15, -0.1) is 0 Å². The molecule has 1 saturated heterocycles. The van der Waals surface area contributed by atoms with Crippen molar-refractivity contribution in [2.45, 2.75) is 52.4 Å². The van der Waals surface area contributed by atoms with Crippen LogP contribution < -0.4 is 10.6 Å². The van der Waals surface area contributed by atoms with E-state index >= 15 is 0 Å². The lowest BCUT2D eigenvalue weighted by atomic mass is 9.83. The Morgan fingerprint density at radius 1 is 1.43 bits per heavy atom. The molecule has 4 atom stereocenters. The molecule has 0 spiro atoms. The summed E-state index contributed by atoms with van der Waals surface area (Å²) in [5.74, 6) is 0.932. The van der Waals surface area contributed by atoms with Gasteiger partial charge in [0.1, 0.15) is 6.23 Å². The zero-order chi connectivity index (χ0) is 10.7. The standard InChI is InChI=1S/C11H24N2O/c1-7(2)12-6-10-8(3)5-9(4)13-11(10)14/h7-14H,5-6H2,1-4H3. The summed E-state index contributed by atoms with van der Waals surface area (Å²) in [6.45, 7) is 9.53. The molecular formula is C11H24N2O. The third kappa shape index (κ3) is 3.23. The number of aliphatic hydroxyl groups excluding tert-OH is 1.